The molecule has 0 spiro atoms. The summed E-state index contributed by atoms with van der Waals surface area (Å²) in [4.78, 5) is 12.8. The maximum atomic E-state index is 13.1. The summed E-state index contributed by atoms with van der Waals surface area (Å²) in [5, 5.41) is 2.79. The van der Waals surface area contributed by atoms with E-state index >= 15 is 0 Å². The van der Waals surface area contributed by atoms with E-state index in [9.17, 15) is 13.2 Å². The maximum absolute atomic E-state index is 13.1. The van der Waals surface area contributed by atoms with Crippen LogP contribution in [0.1, 0.15) is 34.0 Å². The normalized spacial score (nSPS) is 11.1. The highest BCUT2D eigenvalue weighted by Crippen LogP contribution is 2.25. The van der Waals surface area contributed by atoms with Crippen LogP contribution in [0.2, 0.25) is 0 Å². The average Bonchev–Trinajstić information content (AvgIpc) is 2.72. The predicted octanol–water partition coefficient (Wildman–Crippen LogP) is 5.06. The van der Waals surface area contributed by atoms with Gasteiger partial charge in [0.15, 0.2) is 0 Å². The lowest BCUT2D eigenvalue weighted by Crippen LogP contribution is -2.17. The number of hydrogen-bond acceptors (Lipinski definition) is 4. The fourth-order valence-electron chi connectivity index (χ4n) is 3.13. The van der Waals surface area contributed by atoms with E-state index in [1.165, 1.54) is 6.07 Å². The van der Waals surface area contributed by atoms with Crippen molar-refractivity contribution in [2.24, 2.45) is 0 Å². The molecular formula is C24H26N2O4S. The minimum atomic E-state index is -3.88. The summed E-state index contributed by atoms with van der Waals surface area (Å²) in [5.41, 5.74) is 3.71. The van der Waals surface area contributed by atoms with Gasteiger partial charge < -0.3 is 10.1 Å². The van der Waals surface area contributed by atoms with Crippen molar-refractivity contribution in [2.75, 3.05) is 16.6 Å². The molecule has 0 unspecified atom stereocenters. The van der Waals surface area contributed by atoms with Crippen LogP contribution in [0, 0.1) is 20.8 Å². The Morgan fingerprint density at radius 3 is 2.42 bits per heavy atom. The molecule has 7 heteroatoms. The Morgan fingerprint density at radius 2 is 1.68 bits per heavy atom. The molecule has 2 N–H and O–H groups in total. The number of sulfonamides is 1. The molecule has 0 radical (unpaired) electrons. The van der Waals surface area contributed by atoms with Crippen LogP contribution in [0.5, 0.6) is 5.75 Å². The molecule has 6 nitrogen and oxygen atoms in total. The van der Waals surface area contributed by atoms with Crippen molar-refractivity contribution in [1.82, 2.24) is 0 Å². The molecule has 0 aliphatic heterocycles. The number of anilines is 2. The van der Waals surface area contributed by atoms with Crippen LogP contribution in [0.25, 0.3) is 0 Å². The van der Waals surface area contributed by atoms with Gasteiger partial charge in [-0.2, -0.15) is 0 Å². The van der Waals surface area contributed by atoms with Crippen LogP contribution in [0.15, 0.2) is 65.6 Å². The van der Waals surface area contributed by atoms with Crippen molar-refractivity contribution in [2.45, 2.75) is 32.6 Å². The smallest absolute Gasteiger partial charge is 0.262 e. The number of nitrogens with one attached hydrogen (secondary N) is 2. The summed E-state index contributed by atoms with van der Waals surface area (Å²) in [6.45, 7) is 7.88. The van der Waals surface area contributed by atoms with Gasteiger partial charge in [-0.1, -0.05) is 24.3 Å². The van der Waals surface area contributed by atoms with Crippen molar-refractivity contribution in [3.63, 3.8) is 0 Å². The molecule has 3 aromatic carbocycles. The molecule has 3 rings (SSSR count). The lowest BCUT2D eigenvalue weighted by molar-refractivity contribution is 0.102. The first-order valence-electron chi connectivity index (χ1n) is 9.95. The van der Waals surface area contributed by atoms with Gasteiger partial charge in [-0.25, -0.2) is 8.42 Å². The quantitative estimate of drug-likeness (QED) is 0.540. The van der Waals surface area contributed by atoms with Gasteiger partial charge in [-0.15, -0.1) is 0 Å². The Bertz CT molecular complexity index is 1220. The van der Waals surface area contributed by atoms with Crippen LogP contribution < -0.4 is 14.8 Å². The van der Waals surface area contributed by atoms with Gasteiger partial charge in [-0.3, -0.25) is 9.52 Å². The SMILES string of the molecule is CCOc1cccc(NC(=O)c2ccc(C)c(S(=O)(=O)Nc3cccc(C)c3C)c2)c1. The van der Waals surface area contributed by atoms with Gasteiger partial charge in [-0.05, 0) is 74.7 Å². The first-order valence-corrected chi connectivity index (χ1v) is 11.4. The van der Waals surface area contributed by atoms with Crippen LogP contribution in [0.3, 0.4) is 0 Å². The Kier molecular flexibility index (Phi) is 6.65. The van der Waals surface area contributed by atoms with E-state index in [0.29, 0.717) is 29.3 Å². The van der Waals surface area contributed by atoms with Crippen molar-refractivity contribution >= 4 is 27.3 Å². The summed E-state index contributed by atoms with van der Waals surface area (Å²) in [6.07, 6.45) is 0. The second kappa shape index (κ2) is 9.22. The molecule has 0 saturated carbocycles. The molecule has 0 aliphatic carbocycles. The summed E-state index contributed by atoms with van der Waals surface area (Å²) >= 11 is 0. The molecule has 0 bridgehead atoms. The van der Waals surface area contributed by atoms with E-state index in [4.69, 9.17) is 4.74 Å². The van der Waals surface area contributed by atoms with Crippen LogP contribution >= 0.6 is 0 Å². The highest BCUT2D eigenvalue weighted by Gasteiger charge is 2.20. The number of aryl methyl sites for hydroxylation is 2. The summed E-state index contributed by atoms with van der Waals surface area (Å²) in [6, 6.07) is 17.1. The van der Waals surface area contributed by atoms with E-state index in [1.54, 1.807) is 55.5 Å². The minimum Gasteiger partial charge on any atom is -0.494 e. The molecule has 3 aromatic rings. The molecule has 0 atom stereocenters. The van der Waals surface area contributed by atoms with Gasteiger partial charge in [0.25, 0.3) is 15.9 Å². The Hall–Kier alpha value is -3.32. The lowest BCUT2D eigenvalue weighted by atomic mass is 10.1. The van der Waals surface area contributed by atoms with Crippen molar-refractivity contribution in [3.8, 4) is 5.75 Å². The first kappa shape index (κ1) is 22.4. The van der Waals surface area contributed by atoms with E-state index in [-0.39, 0.29) is 10.5 Å². The minimum absolute atomic E-state index is 0.0594. The fraction of sp³-hybridized carbons (Fsp3) is 0.208. The highest BCUT2D eigenvalue weighted by molar-refractivity contribution is 7.92. The third-order valence-electron chi connectivity index (χ3n) is 4.99. The van der Waals surface area contributed by atoms with E-state index in [2.05, 4.69) is 10.0 Å². The molecule has 0 aliphatic rings. The standard InChI is InChI=1S/C24H26N2O4S/c1-5-30-21-10-7-9-20(15-21)25-24(27)19-13-12-17(3)23(14-19)31(28,29)26-22-11-6-8-16(2)18(22)4/h6-15,26H,5H2,1-4H3,(H,25,27). The number of carbonyl (C=O) groups is 1. The fourth-order valence-corrected chi connectivity index (χ4v) is 4.52. The topological polar surface area (TPSA) is 84.5 Å². The summed E-state index contributed by atoms with van der Waals surface area (Å²) in [5.74, 6) is 0.238. The Balaban J connectivity index is 1.88. The predicted molar refractivity (Wildman–Crippen MR) is 123 cm³/mol. The second-order valence-electron chi connectivity index (χ2n) is 7.25. The van der Waals surface area contributed by atoms with Crippen molar-refractivity contribution in [3.05, 3.63) is 82.9 Å². The zero-order chi connectivity index (χ0) is 22.6. The van der Waals surface area contributed by atoms with E-state index < -0.39 is 15.9 Å². The molecule has 1 amide bonds. The zero-order valence-corrected chi connectivity index (χ0v) is 18.8. The summed E-state index contributed by atoms with van der Waals surface area (Å²) < 4.78 is 34.2. The number of amides is 1. The van der Waals surface area contributed by atoms with Crippen LogP contribution in [-0.4, -0.2) is 20.9 Å². The lowest BCUT2D eigenvalue weighted by Gasteiger charge is -2.15. The van der Waals surface area contributed by atoms with Gasteiger partial charge in [0, 0.05) is 17.3 Å². The second-order valence-corrected chi connectivity index (χ2v) is 8.90. The summed E-state index contributed by atoms with van der Waals surface area (Å²) in [7, 11) is -3.88. The van der Waals surface area contributed by atoms with Crippen LogP contribution in [0.4, 0.5) is 11.4 Å². The maximum Gasteiger partial charge on any atom is 0.262 e. The largest absolute Gasteiger partial charge is 0.494 e. The van der Waals surface area contributed by atoms with Crippen LogP contribution in [-0.2, 0) is 10.0 Å². The Morgan fingerprint density at radius 1 is 0.935 bits per heavy atom. The molecule has 31 heavy (non-hydrogen) atoms. The van der Waals surface area contributed by atoms with Gasteiger partial charge in [0.05, 0.1) is 17.2 Å². The molecular weight excluding hydrogens is 412 g/mol. The molecule has 162 valence electrons. The number of ether oxygens (including phenoxy) is 1. The van der Waals surface area contributed by atoms with E-state index in [0.717, 1.165) is 11.1 Å². The zero-order valence-electron chi connectivity index (χ0n) is 18.0. The molecule has 0 heterocycles. The van der Waals surface area contributed by atoms with Gasteiger partial charge in [0.1, 0.15) is 5.75 Å². The van der Waals surface area contributed by atoms with Crippen molar-refractivity contribution in [1.29, 1.82) is 0 Å². The van der Waals surface area contributed by atoms with Gasteiger partial charge in [0.2, 0.25) is 0 Å². The number of carbonyl (C=O) groups excluding carboxylic acids is 1. The Labute approximate surface area is 183 Å². The molecule has 0 saturated heterocycles. The monoisotopic (exact) mass is 438 g/mol. The third-order valence-corrected chi connectivity index (χ3v) is 6.50. The number of benzene rings is 3. The highest BCUT2D eigenvalue weighted by atomic mass is 32.2. The third kappa shape index (κ3) is 5.24. The first-order chi connectivity index (χ1) is 14.7. The molecule has 0 fully saturated rings. The van der Waals surface area contributed by atoms with E-state index in [1.807, 2.05) is 26.8 Å². The van der Waals surface area contributed by atoms with Crippen molar-refractivity contribution < 1.29 is 17.9 Å². The number of hydrogen-bond donors (Lipinski definition) is 2. The average molecular weight is 439 g/mol. The van der Waals surface area contributed by atoms with Gasteiger partial charge >= 0.3 is 0 Å². The molecule has 0 aromatic heterocycles. The number of rotatable bonds is 7.